The van der Waals surface area contributed by atoms with Crippen LogP contribution in [0, 0.1) is 0 Å². The maximum absolute atomic E-state index is 11.9. The molecule has 0 saturated heterocycles. The molecule has 0 saturated carbocycles. The van der Waals surface area contributed by atoms with Crippen molar-refractivity contribution in [3.63, 3.8) is 0 Å². The van der Waals surface area contributed by atoms with Crippen LogP contribution in [0.3, 0.4) is 0 Å². The minimum Gasteiger partial charge on any atom is -0.462 e. The third kappa shape index (κ3) is 6.13. The lowest BCUT2D eigenvalue weighted by atomic mass is 10.1. The van der Waals surface area contributed by atoms with Gasteiger partial charge >= 0.3 is 14.5 Å². The van der Waals surface area contributed by atoms with E-state index in [0.717, 1.165) is 18.0 Å². The lowest BCUT2D eigenvalue weighted by Crippen LogP contribution is -2.38. The summed E-state index contributed by atoms with van der Waals surface area (Å²) in [7, 11) is -2.12. The third-order valence-electron chi connectivity index (χ3n) is 3.29. The fourth-order valence-electron chi connectivity index (χ4n) is 2.19. The summed E-state index contributed by atoms with van der Waals surface area (Å²) in [6, 6.07) is 8.00. The first kappa shape index (κ1) is 18.6. The van der Waals surface area contributed by atoms with Gasteiger partial charge in [0.1, 0.15) is 0 Å². The van der Waals surface area contributed by atoms with Crippen LogP contribution < -0.4 is 0 Å². The second-order valence-corrected chi connectivity index (χ2v) is 8.41. The third-order valence-corrected chi connectivity index (χ3v) is 6.35. The van der Waals surface area contributed by atoms with Gasteiger partial charge in [-0.15, -0.1) is 0 Å². The van der Waals surface area contributed by atoms with Crippen molar-refractivity contribution in [1.82, 2.24) is 0 Å². The molecule has 1 aromatic carbocycles. The first-order chi connectivity index (χ1) is 10.5. The van der Waals surface area contributed by atoms with E-state index in [1.165, 1.54) is 0 Å². The molecule has 5 heteroatoms. The van der Waals surface area contributed by atoms with Gasteiger partial charge in [0.05, 0.1) is 12.2 Å². The molecule has 0 spiro atoms. The highest BCUT2D eigenvalue weighted by atomic mass is 28.4. The molecule has 0 aliphatic carbocycles. The highest BCUT2D eigenvalue weighted by Crippen LogP contribution is 2.16. The molecule has 4 nitrogen and oxygen atoms in total. The highest BCUT2D eigenvalue weighted by Gasteiger charge is 2.30. The number of rotatable bonds is 10. The van der Waals surface area contributed by atoms with Gasteiger partial charge in [-0.25, -0.2) is 4.79 Å². The zero-order chi connectivity index (χ0) is 16.4. The lowest BCUT2D eigenvalue weighted by Gasteiger charge is -2.25. The molecule has 0 aliphatic rings. The molecule has 0 aliphatic heterocycles. The van der Waals surface area contributed by atoms with Gasteiger partial charge in [-0.3, -0.25) is 0 Å². The van der Waals surface area contributed by atoms with E-state index in [1.807, 2.05) is 26.0 Å². The molecule has 0 N–H and O–H groups in total. The summed E-state index contributed by atoms with van der Waals surface area (Å²) in [6.45, 7) is 11.4. The van der Waals surface area contributed by atoms with Crippen molar-refractivity contribution < 1.29 is 18.4 Å². The van der Waals surface area contributed by atoms with E-state index in [4.69, 9.17) is 13.6 Å². The minimum atomic E-state index is -2.12. The second-order valence-electron chi connectivity index (χ2n) is 5.07. The van der Waals surface area contributed by atoms with Gasteiger partial charge in [0, 0.05) is 13.2 Å². The van der Waals surface area contributed by atoms with Crippen molar-refractivity contribution in [2.45, 2.75) is 32.9 Å². The molecule has 0 amide bonds. The molecular weight excluding hydrogens is 296 g/mol. The van der Waals surface area contributed by atoms with E-state index in [1.54, 1.807) is 18.2 Å². The van der Waals surface area contributed by atoms with E-state index in [-0.39, 0.29) is 5.97 Å². The fourth-order valence-corrected chi connectivity index (χ4v) is 4.57. The summed E-state index contributed by atoms with van der Waals surface area (Å²) in [5.74, 6) is -0.299. The number of carbonyl (C=O) groups is 1. The molecule has 0 heterocycles. The topological polar surface area (TPSA) is 44.8 Å². The Hall–Kier alpha value is -1.43. The van der Waals surface area contributed by atoms with Gasteiger partial charge in [0.2, 0.25) is 0 Å². The van der Waals surface area contributed by atoms with Gasteiger partial charge in [0.25, 0.3) is 0 Å². The summed E-state index contributed by atoms with van der Waals surface area (Å²) in [5.41, 5.74) is 1.53. The Labute approximate surface area is 134 Å². The van der Waals surface area contributed by atoms with Crippen molar-refractivity contribution in [3.8, 4) is 0 Å². The Balaban J connectivity index is 2.39. The fraction of sp³-hybridized carbons (Fsp3) is 0.471. The van der Waals surface area contributed by atoms with Crippen LogP contribution in [0.4, 0.5) is 0 Å². The molecule has 0 bridgehead atoms. The lowest BCUT2D eigenvalue weighted by molar-refractivity contribution is 0.0500. The number of esters is 1. The quantitative estimate of drug-likeness (QED) is 0.371. The summed E-state index contributed by atoms with van der Waals surface area (Å²) >= 11 is 0. The molecule has 0 unspecified atom stereocenters. The first-order valence-electron chi connectivity index (χ1n) is 7.72. The van der Waals surface area contributed by atoms with Crippen LogP contribution in [0.2, 0.25) is 12.6 Å². The van der Waals surface area contributed by atoms with E-state index < -0.39 is 8.56 Å². The number of hydrogen-bond acceptors (Lipinski definition) is 4. The minimum absolute atomic E-state index is 0.299. The van der Waals surface area contributed by atoms with Gasteiger partial charge in [0.15, 0.2) is 0 Å². The summed E-state index contributed by atoms with van der Waals surface area (Å²) in [5, 5.41) is 0. The number of hydrogen-bond donors (Lipinski definition) is 0. The zero-order valence-corrected chi connectivity index (χ0v) is 14.8. The van der Waals surface area contributed by atoms with Gasteiger partial charge in [-0.2, -0.15) is 0 Å². The Morgan fingerprint density at radius 3 is 2.27 bits per heavy atom. The van der Waals surface area contributed by atoms with E-state index in [0.29, 0.717) is 25.4 Å². The average molecular weight is 322 g/mol. The van der Waals surface area contributed by atoms with E-state index >= 15 is 0 Å². The maximum Gasteiger partial charge on any atom is 0.338 e. The number of benzene rings is 1. The van der Waals surface area contributed by atoms with Crippen LogP contribution in [0.5, 0.6) is 0 Å². The van der Waals surface area contributed by atoms with Crippen LogP contribution >= 0.6 is 0 Å². The molecule has 1 rings (SSSR count). The Bertz CT molecular complexity index is 464. The zero-order valence-electron chi connectivity index (χ0n) is 13.8. The van der Waals surface area contributed by atoms with Crippen LogP contribution in [-0.4, -0.2) is 34.4 Å². The summed E-state index contributed by atoms with van der Waals surface area (Å²) in [4.78, 5) is 11.9. The molecule has 122 valence electrons. The van der Waals surface area contributed by atoms with Crippen molar-refractivity contribution in [1.29, 1.82) is 0 Å². The van der Waals surface area contributed by atoms with Crippen molar-refractivity contribution in [3.05, 3.63) is 42.0 Å². The Morgan fingerprint density at radius 2 is 1.77 bits per heavy atom. The van der Waals surface area contributed by atoms with Crippen molar-refractivity contribution >= 4 is 20.6 Å². The van der Waals surface area contributed by atoms with Crippen LogP contribution in [0.15, 0.2) is 30.8 Å². The molecule has 0 fully saturated rings. The van der Waals surface area contributed by atoms with E-state index in [9.17, 15) is 4.79 Å². The predicted octanol–water partition coefficient (Wildman–Crippen LogP) is 4.02. The number of ether oxygens (including phenoxy) is 1. The molecule has 0 radical (unpaired) electrons. The van der Waals surface area contributed by atoms with Crippen molar-refractivity contribution in [2.24, 2.45) is 0 Å². The summed E-state index contributed by atoms with van der Waals surface area (Å²) < 4.78 is 16.8. The summed E-state index contributed by atoms with van der Waals surface area (Å²) in [6.07, 6.45) is 2.49. The molecule has 1 aromatic rings. The highest BCUT2D eigenvalue weighted by molar-refractivity contribution is 6.66. The largest absolute Gasteiger partial charge is 0.462 e. The van der Waals surface area contributed by atoms with Crippen LogP contribution in [0.1, 0.15) is 36.2 Å². The van der Waals surface area contributed by atoms with Crippen LogP contribution in [0.25, 0.3) is 6.08 Å². The Kier molecular flexibility index (Phi) is 8.09. The average Bonchev–Trinajstić information content (AvgIpc) is 2.52. The van der Waals surface area contributed by atoms with Crippen molar-refractivity contribution in [2.75, 3.05) is 19.8 Å². The smallest absolute Gasteiger partial charge is 0.338 e. The molecule has 22 heavy (non-hydrogen) atoms. The normalized spacial score (nSPS) is 11.2. The molecule has 0 aromatic heterocycles. The van der Waals surface area contributed by atoms with Crippen LogP contribution in [-0.2, 0) is 13.6 Å². The Morgan fingerprint density at radius 1 is 1.18 bits per heavy atom. The SMILES string of the molecule is C=Cc1ccc(C(=O)OCCC[Si](C)(OCC)OCC)cc1. The second kappa shape index (κ2) is 9.56. The van der Waals surface area contributed by atoms with Gasteiger partial charge in [-0.1, -0.05) is 24.8 Å². The number of carbonyl (C=O) groups excluding carboxylic acids is 1. The maximum atomic E-state index is 11.9. The standard InChI is InChI=1S/C17H26O4Si/c1-5-15-9-11-16(12-10-15)17(18)19-13-8-14-22(4,20-6-2)21-7-3/h5,9-12H,1,6-8,13-14H2,2-4H3. The van der Waals surface area contributed by atoms with Gasteiger partial charge < -0.3 is 13.6 Å². The predicted molar refractivity (Wildman–Crippen MR) is 91.1 cm³/mol. The molecule has 0 atom stereocenters. The first-order valence-corrected chi connectivity index (χ1v) is 10.2. The molecular formula is C17H26O4Si. The van der Waals surface area contributed by atoms with E-state index in [2.05, 4.69) is 13.1 Å². The monoisotopic (exact) mass is 322 g/mol. The van der Waals surface area contributed by atoms with Gasteiger partial charge in [-0.05, 0) is 50.6 Å².